The minimum absolute atomic E-state index is 0.200. The predicted octanol–water partition coefficient (Wildman–Crippen LogP) is 2.33. The second-order valence-corrected chi connectivity index (χ2v) is 4.89. The molecule has 1 heterocycles. The van der Waals surface area contributed by atoms with Crippen molar-refractivity contribution in [2.75, 3.05) is 11.1 Å². The molecule has 0 radical (unpaired) electrons. The molecule has 0 atom stereocenters. The highest BCUT2D eigenvalue weighted by atomic mass is 32.1. The Kier molecular flexibility index (Phi) is 3.88. The lowest BCUT2D eigenvalue weighted by molar-refractivity contribution is 0.102. The van der Waals surface area contributed by atoms with Gasteiger partial charge in [-0.25, -0.2) is 0 Å². The maximum absolute atomic E-state index is 11.9. The van der Waals surface area contributed by atoms with Crippen LogP contribution in [0.15, 0.2) is 24.3 Å². The number of hydrogen-bond donors (Lipinski definition) is 2. The minimum Gasteiger partial charge on any atom is -0.399 e. The number of benzene rings is 1. The Morgan fingerprint density at radius 1 is 1.33 bits per heavy atom. The molecule has 0 saturated heterocycles. The van der Waals surface area contributed by atoms with Gasteiger partial charge in [0.25, 0.3) is 5.91 Å². The third-order valence-corrected chi connectivity index (χ3v) is 3.22. The summed E-state index contributed by atoms with van der Waals surface area (Å²) < 4.78 is 0. The fraction of sp³-hybridized carbons (Fsp3) is 0.250. The first-order chi connectivity index (χ1) is 8.69. The molecule has 94 valence electrons. The molecular weight excluding hydrogens is 248 g/mol. The third kappa shape index (κ3) is 3.04. The number of anilines is 2. The van der Waals surface area contributed by atoms with Crippen molar-refractivity contribution in [3.05, 3.63) is 34.8 Å². The third-order valence-electron chi connectivity index (χ3n) is 2.32. The largest absolute Gasteiger partial charge is 0.399 e. The van der Waals surface area contributed by atoms with E-state index in [9.17, 15) is 4.79 Å². The smallest absolute Gasteiger partial charge is 0.257 e. The van der Waals surface area contributed by atoms with E-state index in [4.69, 9.17) is 5.73 Å². The van der Waals surface area contributed by atoms with Gasteiger partial charge in [-0.1, -0.05) is 18.3 Å². The lowest BCUT2D eigenvalue weighted by atomic mass is 10.2. The van der Waals surface area contributed by atoms with Gasteiger partial charge in [-0.2, -0.15) is 0 Å². The van der Waals surface area contributed by atoms with Crippen molar-refractivity contribution in [1.29, 1.82) is 0 Å². The summed E-state index contributed by atoms with van der Waals surface area (Å²) in [6, 6.07) is 6.74. The van der Waals surface area contributed by atoms with Crippen LogP contribution in [0, 0.1) is 0 Å². The predicted molar refractivity (Wildman–Crippen MR) is 72.7 cm³/mol. The second kappa shape index (κ2) is 5.59. The van der Waals surface area contributed by atoms with Crippen LogP contribution in [0.1, 0.15) is 28.7 Å². The van der Waals surface area contributed by atoms with Crippen molar-refractivity contribution in [3.8, 4) is 0 Å². The Morgan fingerprint density at radius 3 is 2.72 bits per heavy atom. The number of aryl methyl sites for hydroxylation is 1. The molecule has 3 N–H and O–H groups in total. The molecule has 5 nitrogen and oxygen atoms in total. The standard InChI is InChI=1S/C12H14N4OS/c1-2-3-10-15-16-12(18-10)14-11(17)8-4-6-9(13)7-5-8/h4-7H,2-3,13H2,1H3,(H,14,16,17). The van der Waals surface area contributed by atoms with Crippen LogP contribution < -0.4 is 11.1 Å². The number of hydrogen-bond acceptors (Lipinski definition) is 5. The average Bonchev–Trinajstić information content (AvgIpc) is 2.78. The topological polar surface area (TPSA) is 80.9 Å². The Bertz CT molecular complexity index is 535. The van der Waals surface area contributed by atoms with E-state index in [1.54, 1.807) is 24.3 Å². The number of amides is 1. The summed E-state index contributed by atoms with van der Waals surface area (Å²) >= 11 is 1.40. The molecule has 0 saturated carbocycles. The van der Waals surface area contributed by atoms with Gasteiger partial charge in [0.05, 0.1) is 0 Å². The van der Waals surface area contributed by atoms with Crippen LogP contribution in [0.3, 0.4) is 0 Å². The molecule has 0 spiro atoms. The average molecular weight is 262 g/mol. The highest BCUT2D eigenvalue weighted by Crippen LogP contribution is 2.17. The van der Waals surface area contributed by atoms with E-state index in [0.29, 0.717) is 16.4 Å². The zero-order valence-electron chi connectivity index (χ0n) is 10.0. The monoisotopic (exact) mass is 262 g/mol. The van der Waals surface area contributed by atoms with E-state index < -0.39 is 0 Å². The summed E-state index contributed by atoms with van der Waals surface area (Å²) in [6.45, 7) is 2.08. The summed E-state index contributed by atoms with van der Waals surface area (Å²) in [6.07, 6.45) is 1.90. The minimum atomic E-state index is -0.200. The zero-order chi connectivity index (χ0) is 13.0. The van der Waals surface area contributed by atoms with Crippen LogP contribution in [-0.4, -0.2) is 16.1 Å². The molecule has 0 bridgehead atoms. The van der Waals surface area contributed by atoms with Gasteiger partial charge in [-0.15, -0.1) is 10.2 Å². The molecule has 0 aliphatic heterocycles. The zero-order valence-corrected chi connectivity index (χ0v) is 10.8. The van der Waals surface area contributed by atoms with Crippen molar-refractivity contribution in [1.82, 2.24) is 10.2 Å². The highest BCUT2D eigenvalue weighted by Gasteiger charge is 2.09. The molecule has 1 aromatic heterocycles. The molecule has 1 aromatic carbocycles. The Hall–Kier alpha value is -1.95. The van der Waals surface area contributed by atoms with Gasteiger partial charge >= 0.3 is 0 Å². The van der Waals surface area contributed by atoms with Gasteiger partial charge in [0.2, 0.25) is 5.13 Å². The molecule has 0 aliphatic carbocycles. The Labute approximate surface area is 109 Å². The van der Waals surface area contributed by atoms with Gasteiger partial charge < -0.3 is 5.73 Å². The van der Waals surface area contributed by atoms with Gasteiger partial charge in [0.15, 0.2) is 0 Å². The van der Waals surface area contributed by atoms with E-state index in [-0.39, 0.29) is 5.91 Å². The van der Waals surface area contributed by atoms with Crippen LogP contribution in [0.2, 0.25) is 0 Å². The number of nitrogen functional groups attached to an aromatic ring is 1. The van der Waals surface area contributed by atoms with E-state index in [0.717, 1.165) is 17.8 Å². The van der Waals surface area contributed by atoms with Crippen molar-refractivity contribution < 1.29 is 4.79 Å². The van der Waals surface area contributed by atoms with Gasteiger partial charge in [-0.05, 0) is 30.7 Å². The van der Waals surface area contributed by atoms with Crippen molar-refractivity contribution in [3.63, 3.8) is 0 Å². The summed E-state index contributed by atoms with van der Waals surface area (Å²) in [7, 11) is 0. The second-order valence-electron chi connectivity index (χ2n) is 3.83. The number of carbonyl (C=O) groups is 1. The number of carbonyl (C=O) groups excluding carboxylic acids is 1. The van der Waals surface area contributed by atoms with Gasteiger partial charge in [0, 0.05) is 17.7 Å². The number of aromatic nitrogens is 2. The first-order valence-corrected chi connectivity index (χ1v) is 6.50. The van der Waals surface area contributed by atoms with E-state index in [1.165, 1.54) is 11.3 Å². The van der Waals surface area contributed by atoms with Crippen molar-refractivity contribution in [2.24, 2.45) is 0 Å². The van der Waals surface area contributed by atoms with Crippen LogP contribution >= 0.6 is 11.3 Å². The van der Waals surface area contributed by atoms with Gasteiger partial charge in [-0.3, -0.25) is 10.1 Å². The molecule has 1 amide bonds. The molecule has 2 rings (SSSR count). The molecule has 0 unspecified atom stereocenters. The Morgan fingerprint density at radius 2 is 2.06 bits per heavy atom. The highest BCUT2D eigenvalue weighted by molar-refractivity contribution is 7.15. The summed E-state index contributed by atoms with van der Waals surface area (Å²) in [5, 5.41) is 12.1. The first kappa shape index (κ1) is 12.5. The lowest BCUT2D eigenvalue weighted by Crippen LogP contribution is -2.11. The molecule has 6 heteroatoms. The van der Waals surface area contributed by atoms with E-state index in [1.807, 2.05) is 0 Å². The number of nitrogens with two attached hydrogens (primary N) is 1. The first-order valence-electron chi connectivity index (χ1n) is 5.68. The Balaban J connectivity index is 2.04. The number of nitrogens with zero attached hydrogens (tertiary/aromatic N) is 2. The number of rotatable bonds is 4. The van der Waals surface area contributed by atoms with Crippen LogP contribution in [0.25, 0.3) is 0 Å². The lowest BCUT2D eigenvalue weighted by Gasteiger charge is -2.01. The van der Waals surface area contributed by atoms with E-state index in [2.05, 4.69) is 22.4 Å². The molecule has 0 aliphatic rings. The SMILES string of the molecule is CCCc1nnc(NC(=O)c2ccc(N)cc2)s1. The number of nitrogens with one attached hydrogen (secondary N) is 1. The van der Waals surface area contributed by atoms with E-state index >= 15 is 0 Å². The van der Waals surface area contributed by atoms with Crippen LogP contribution in [-0.2, 0) is 6.42 Å². The maximum Gasteiger partial charge on any atom is 0.257 e. The van der Waals surface area contributed by atoms with Crippen molar-refractivity contribution in [2.45, 2.75) is 19.8 Å². The maximum atomic E-state index is 11.9. The fourth-order valence-corrected chi connectivity index (χ4v) is 2.26. The summed E-state index contributed by atoms with van der Waals surface area (Å²) in [5.74, 6) is -0.200. The summed E-state index contributed by atoms with van der Waals surface area (Å²) in [4.78, 5) is 11.9. The van der Waals surface area contributed by atoms with Gasteiger partial charge in [0.1, 0.15) is 5.01 Å². The molecular formula is C12H14N4OS. The van der Waals surface area contributed by atoms with Crippen LogP contribution in [0.4, 0.5) is 10.8 Å². The summed E-state index contributed by atoms with van der Waals surface area (Å²) in [5.41, 5.74) is 6.75. The fourth-order valence-electron chi connectivity index (χ4n) is 1.42. The van der Waals surface area contributed by atoms with Crippen molar-refractivity contribution >= 4 is 28.1 Å². The quantitative estimate of drug-likeness (QED) is 0.829. The molecule has 0 fully saturated rings. The molecule has 2 aromatic rings. The van der Waals surface area contributed by atoms with Crippen LogP contribution in [0.5, 0.6) is 0 Å². The normalized spacial score (nSPS) is 10.3. The molecule has 18 heavy (non-hydrogen) atoms.